The summed E-state index contributed by atoms with van der Waals surface area (Å²) in [5.41, 5.74) is 0.179. The summed E-state index contributed by atoms with van der Waals surface area (Å²) < 4.78 is 0. The van der Waals surface area contributed by atoms with Crippen LogP contribution in [-0.4, -0.2) is 39.2 Å². The molecular formula is C7H8MgO3. The van der Waals surface area contributed by atoms with Crippen molar-refractivity contribution < 1.29 is 15.0 Å². The Morgan fingerprint density at radius 1 is 1.18 bits per heavy atom. The molecule has 1 aromatic carbocycles. The third-order valence-corrected chi connectivity index (χ3v) is 1.11. The Kier molecular flexibility index (Phi) is 3.92. The Morgan fingerprint density at radius 2 is 1.64 bits per heavy atom. The van der Waals surface area contributed by atoms with E-state index in [1.165, 1.54) is 24.3 Å². The normalized spacial score (nSPS) is 8.36. The van der Waals surface area contributed by atoms with E-state index >= 15 is 0 Å². The van der Waals surface area contributed by atoms with Gasteiger partial charge in [-0.1, -0.05) is 0 Å². The Morgan fingerprint density at radius 3 is 2.00 bits per heavy atom. The van der Waals surface area contributed by atoms with Gasteiger partial charge in [0.2, 0.25) is 0 Å². The molecule has 1 aromatic rings. The second-order valence-electron chi connectivity index (χ2n) is 1.85. The quantitative estimate of drug-likeness (QED) is 0.582. The third-order valence-electron chi connectivity index (χ3n) is 1.11. The highest BCUT2D eigenvalue weighted by Gasteiger charge is 1.99. The molecule has 0 fully saturated rings. The Labute approximate surface area is 79.8 Å². The lowest BCUT2D eigenvalue weighted by atomic mass is 10.2. The first-order valence-electron chi connectivity index (χ1n) is 2.72. The lowest BCUT2D eigenvalue weighted by Gasteiger charge is -1.92. The number of carbonyl (C=O) groups is 1. The van der Waals surface area contributed by atoms with Gasteiger partial charge in [-0.3, -0.25) is 0 Å². The van der Waals surface area contributed by atoms with Crippen LogP contribution in [0.25, 0.3) is 0 Å². The van der Waals surface area contributed by atoms with Crippen LogP contribution in [0.15, 0.2) is 24.3 Å². The van der Waals surface area contributed by atoms with E-state index in [2.05, 4.69) is 0 Å². The minimum Gasteiger partial charge on any atom is -0.508 e. The second kappa shape index (κ2) is 4.20. The highest BCUT2D eigenvalue weighted by atomic mass is 24.3. The van der Waals surface area contributed by atoms with Crippen LogP contribution in [0.3, 0.4) is 0 Å². The molecule has 4 heteroatoms. The predicted molar refractivity (Wildman–Crippen MR) is 43.6 cm³/mol. The van der Waals surface area contributed by atoms with Crippen molar-refractivity contribution in [2.24, 2.45) is 0 Å². The Bertz CT molecular complexity index is 242. The molecule has 1 rings (SSSR count). The molecule has 0 aliphatic rings. The first-order valence-corrected chi connectivity index (χ1v) is 2.72. The standard InChI is InChI=1S/C7H6O3.Mg.2H/c8-6-3-1-5(2-4-6)7(9)10;;;/h1-4,8H,(H,9,10);;;. The molecule has 0 heterocycles. The van der Waals surface area contributed by atoms with E-state index in [-0.39, 0.29) is 34.4 Å². The number of aromatic hydroxyl groups is 1. The Hall–Kier alpha value is -0.744. The molecule has 0 amide bonds. The molecule has 3 nitrogen and oxygen atoms in total. The fourth-order valence-corrected chi connectivity index (χ4v) is 0.604. The fraction of sp³-hybridized carbons (Fsp3) is 0. The minimum absolute atomic E-state index is 0. The highest BCUT2D eigenvalue weighted by Crippen LogP contribution is 2.08. The number of phenols is 1. The summed E-state index contributed by atoms with van der Waals surface area (Å²) in [5, 5.41) is 17.1. The van der Waals surface area contributed by atoms with Gasteiger partial charge in [0, 0.05) is 0 Å². The highest BCUT2D eigenvalue weighted by molar-refractivity contribution is 5.87. The van der Waals surface area contributed by atoms with Gasteiger partial charge in [-0.25, -0.2) is 4.79 Å². The zero-order valence-electron chi connectivity index (χ0n) is 5.11. The van der Waals surface area contributed by atoms with E-state index in [0.29, 0.717) is 0 Å². The average Bonchev–Trinajstić information content (AvgIpc) is 1.88. The molecule has 0 spiro atoms. The van der Waals surface area contributed by atoms with Gasteiger partial charge >= 0.3 is 29.0 Å². The smallest absolute Gasteiger partial charge is 0.335 e. The first kappa shape index (κ1) is 10.3. The van der Waals surface area contributed by atoms with Crippen molar-refractivity contribution in [2.75, 3.05) is 0 Å². The van der Waals surface area contributed by atoms with Crippen molar-refractivity contribution in [3.63, 3.8) is 0 Å². The van der Waals surface area contributed by atoms with Crippen LogP contribution in [0, 0.1) is 0 Å². The van der Waals surface area contributed by atoms with Crippen molar-refractivity contribution >= 4 is 29.0 Å². The van der Waals surface area contributed by atoms with Gasteiger partial charge in [-0.15, -0.1) is 0 Å². The number of phenolic OH excluding ortho intramolecular Hbond substituents is 1. The van der Waals surface area contributed by atoms with Gasteiger partial charge < -0.3 is 10.2 Å². The molecule has 11 heavy (non-hydrogen) atoms. The number of aromatic carboxylic acids is 1. The van der Waals surface area contributed by atoms with Crippen molar-refractivity contribution in [2.45, 2.75) is 0 Å². The van der Waals surface area contributed by atoms with E-state index < -0.39 is 5.97 Å². The maximum Gasteiger partial charge on any atom is 0.335 e. The van der Waals surface area contributed by atoms with Crippen LogP contribution >= 0.6 is 0 Å². The number of hydrogen-bond donors (Lipinski definition) is 2. The molecule has 0 atom stereocenters. The van der Waals surface area contributed by atoms with Gasteiger partial charge in [-0.2, -0.15) is 0 Å². The van der Waals surface area contributed by atoms with Crippen LogP contribution in [-0.2, 0) is 0 Å². The number of carboxylic acids is 1. The van der Waals surface area contributed by atoms with Crippen molar-refractivity contribution in [1.29, 1.82) is 0 Å². The van der Waals surface area contributed by atoms with Crippen LogP contribution in [0.2, 0.25) is 0 Å². The molecule has 0 unspecified atom stereocenters. The summed E-state index contributed by atoms with van der Waals surface area (Å²) in [6.45, 7) is 0. The molecule has 0 radical (unpaired) electrons. The zero-order valence-corrected chi connectivity index (χ0v) is 5.11. The zero-order chi connectivity index (χ0) is 7.56. The minimum atomic E-state index is -0.986. The van der Waals surface area contributed by atoms with Crippen LogP contribution < -0.4 is 0 Å². The maximum absolute atomic E-state index is 10.2. The largest absolute Gasteiger partial charge is 0.508 e. The number of benzene rings is 1. The van der Waals surface area contributed by atoms with E-state index in [0.717, 1.165) is 0 Å². The van der Waals surface area contributed by atoms with E-state index in [9.17, 15) is 4.79 Å². The van der Waals surface area contributed by atoms with E-state index in [1.807, 2.05) is 0 Å². The summed E-state index contributed by atoms with van der Waals surface area (Å²) in [4.78, 5) is 10.2. The molecule has 0 aliphatic carbocycles. The summed E-state index contributed by atoms with van der Waals surface area (Å²) in [6.07, 6.45) is 0. The van der Waals surface area contributed by atoms with Crippen LogP contribution in [0.4, 0.5) is 0 Å². The topological polar surface area (TPSA) is 57.5 Å². The van der Waals surface area contributed by atoms with Crippen LogP contribution in [0.5, 0.6) is 5.75 Å². The molecular weight excluding hydrogens is 156 g/mol. The van der Waals surface area contributed by atoms with Crippen molar-refractivity contribution in [3.8, 4) is 5.75 Å². The molecule has 0 aromatic heterocycles. The van der Waals surface area contributed by atoms with Gasteiger partial charge in [0.15, 0.2) is 0 Å². The van der Waals surface area contributed by atoms with Crippen LogP contribution in [0.1, 0.15) is 10.4 Å². The molecule has 0 bridgehead atoms. The number of rotatable bonds is 1. The molecule has 0 saturated carbocycles. The van der Waals surface area contributed by atoms with E-state index in [1.54, 1.807) is 0 Å². The number of carboxylic acid groups (broad SMARTS) is 1. The molecule has 0 aliphatic heterocycles. The molecule has 2 N–H and O–H groups in total. The maximum atomic E-state index is 10.2. The van der Waals surface area contributed by atoms with Gasteiger partial charge in [0.05, 0.1) is 5.56 Å². The van der Waals surface area contributed by atoms with Gasteiger partial charge in [-0.05, 0) is 24.3 Å². The van der Waals surface area contributed by atoms with Crippen molar-refractivity contribution in [1.82, 2.24) is 0 Å². The lowest BCUT2D eigenvalue weighted by Crippen LogP contribution is -1.93. The summed E-state index contributed by atoms with van der Waals surface area (Å²) in [7, 11) is 0. The first-order chi connectivity index (χ1) is 4.70. The number of hydrogen-bond acceptors (Lipinski definition) is 2. The second-order valence-corrected chi connectivity index (χ2v) is 1.85. The lowest BCUT2D eigenvalue weighted by molar-refractivity contribution is 0.0697. The van der Waals surface area contributed by atoms with Gasteiger partial charge in [0.1, 0.15) is 5.75 Å². The predicted octanol–water partition coefficient (Wildman–Crippen LogP) is 0.174. The SMILES string of the molecule is O=C(O)c1ccc(O)cc1.[MgH2]. The van der Waals surface area contributed by atoms with Crippen molar-refractivity contribution in [3.05, 3.63) is 29.8 Å². The van der Waals surface area contributed by atoms with Gasteiger partial charge in [0.25, 0.3) is 0 Å². The average molecular weight is 164 g/mol. The summed E-state index contributed by atoms with van der Waals surface area (Å²) in [6, 6.07) is 5.36. The molecule has 56 valence electrons. The summed E-state index contributed by atoms with van der Waals surface area (Å²) in [5.74, 6) is -0.912. The summed E-state index contributed by atoms with van der Waals surface area (Å²) >= 11 is 0. The monoisotopic (exact) mass is 164 g/mol. The fourth-order valence-electron chi connectivity index (χ4n) is 0.604. The van der Waals surface area contributed by atoms with E-state index in [4.69, 9.17) is 10.2 Å². The third kappa shape index (κ3) is 2.77. The molecule has 0 saturated heterocycles. The Balaban J connectivity index is 0.000001000.